The molecule has 3 rings (SSSR count). The molecule has 1 aromatic heterocycles. The van der Waals surface area contributed by atoms with Crippen LogP contribution >= 0.6 is 0 Å². The fourth-order valence-corrected chi connectivity index (χ4v) is 3.13. The number of aryl methyl sites for hydroxylation is 1. The number of benzene rings is 1. The Morgan fingerprint density at radius 1 is 1.55 bits per heavy atom. The number of aromatic amines is 1. The van der Waals surface area contributed by atoms with Gasteiger partial charge < -0.3 is 10.6 Å². The molecule has 5 heteroatoms. The van der Waals surface area contributed by atoms with Crippen molar-refractivity contribution in [2.24, 2.45) is 11.7 Å². The monoisotopic (exact) mass is 272 g/mol. The normalized spacial score (nSPS) is 22.6. The third-order valence-electron chi connectivity index (χ3n) is 4.18. The van der Waals surface area contributed by atoms with Crippen LogP contribution in [0.1, 0.15) is 29.3 Å². The fraction of sp³-hybridized carbons (Fsp3) is 0.467. The van der Waals surface area contributed by atoms with Crippen LogP contribution in [0.5, 0.6) is 0 Å². The van der Waals surface area contributed by atoms with Crippen LogP contribution in [0, 0.1) is 12.8 Å². The van der Waals surface area contributed by atoms with Crippen LogP contribution < -0.4 is 5.73 Å². The van der Waals surface area contributed by atoms with E-state index in [1.807, 2.05) is 24.0 Å². The first-order valence-electron chi connectivity index (χ1n) is 7.05. The van der Waals surface area contributed by atoms with Crippen LogP contribution in [0.2, 0.25) is 0 Å². The van der Waals surface area contributed by atoms with Crippen molar-refractivity contribution in [3.05, 3.63) is 29.5 Å². The molecule has 0 aliphatic carbocycles. The van der Waals surface area contributed by atoms with Crippen molar-refractivity contribution in [1.82, 2.24) is 15.1 Å². The first-order valence-corrected chi connectivity index (χ1v) is 7.05. The highest BCUT2D eigenvalue weighted by Crippen LogP contribution is 2.27. The Hall–Kier alpha value is -1.88. The Morgan fingerprint density at radius 3 is 3.05 bits per heavy atom. The van der Waals surface area contributed by atoms with E-state index in [2.05, 4.69) is 17.1 Å². The van der Waals surface area contributed by atoms with Gasteiger partial charge in [0, 0.05) is 18.0 Å². The number of nitrogens with zero attached hydrogens (tertiary/aromatic N) is 2. The number of likely N-dealkylation sites (tertiary alicyclic amines) is 1. The molecule has 2 atom stereocenters. The zero-order chi connectivity index (χ0) is 14.3. The van der Waals surface area contributed by atoms with Gasteiger partial charge >= 0.3 is 0 Å². The number of fused-ring (bicyclic) bond motifs is 1. The number of carbonyl (C=O) groups excluding carboxylic acids is 1. The average Bonchev–Trinajstić information content (AvgIpc) is 3.02. The lowest BCUT2D eigenvalue weighted by Gasteiger charge is -2.22. The van der Waals surface area contributed by atoms with E-state index in [0.717, 1.165) is 29.4 Å². The van der Waals surface area contributed by atoms with Crippen LogP contribution in [0.15, 0.2) is 18.3 Å². The van der Waals surface area contributed by atoms with Gasteiger partial charge in [-0.1, -0.05) is 0 Å². The number of nitrogens with two attached hydrogens (primary N) is 1. The molecule has 1 fully saturated rings. The zero-order valence-electron chi connectivity index (χ0n) is 11.9. The Morgan fingerprint density at radius 2 is 2.35 bits per heavy atom. The number of rotatable bonds is 2. The molecule has 0 saturated carbocycles. The molecule has 1 aliphatic rings. The number of aromatic nitrogens is 2. The summed E-state index contributed by atoms with van der Waals surface area (Å²) < 4.78 is 0. The number of H-pyrrole nitrogens is 1. The zero-order valence-corrected chi connectivity index (χ0v) is 11.9. The van der Waals surface area contributed by atoms with Crippen molar-refractivity contribution in [3.8, 4) is 0 Å². The maximum atomic E-state index is 12.8. The number of amides is 1. The van der Waals surface area contributed by atoms with Crippen LogP contribution in [-0.2, 0) is 0 Å². The fourth-order valence-electron chi connectivity index (χ4n) is 3.13. The van der Waals surface area contributed by atoms with E-state index in [-0.39, 0.29) is 11.9 Å². The van der Waals surface area contributed by atoms with Gasteiger partial charge in [-0.2, -0.15) is 5.10 Å². The van der Waals surface area contributed by atoms with Gasteiger partial charge in [-0.3, -0.25) is 9.89 Å². The quantitative estimate of drug-likeness (QED) is 0.873. The second kappa shape index (κ2) is 4.90. The van der Waals surface area contributed by atoms with E-state index in [1.165, 1.54) is 0 Å². The molecular formula is C15H20N4O. The first-order chi connectivity index (χ1) is 9.60. The molecule has 1 amide bonds. The van der Waals surface area contributed by atoms with Crippen LogP contribution in [0.25, 0.3) is 10.9 Å². The van der Waals surface area contributed by atoms with E-state index >= 15 is 0 Å². The van der Waals surface area contributed by atoms with Gasteiger partial charge in [-0.05, 0) is 50.4 Å². The lowest BCUT2D eigenvalue weighted by atomic mass is 10.1. The van der Waals surface area contributed by atoms with Crippen molar-refractivity contribution >= 4 is 16.8 Å². The van der Waals surface area contributed by atoms with Crippen molar-refractivity contribution in [1.29, 1.82) is 0 Å². The van der Waals surface area contributed by atoms with Gasteiger partial charge in [0.15, 0.2) is 0 Å². The standard InChI is InChI=1S/C15H20N4O/c1-9-3-12-7-17-18-14(12)13(4-9)15(20)19-8-11(6-16)5-10(19)2/h3-4,7,10-11H,5-6,8,16H2,1-2H3,(H,17,18). The van der Waals surface area contributed by atoms with E-state index in [1.54, 1.807) is 6.20 Å². The molecule has 1 saturated heterocycles. The van der Waals surface area contributed by atoms with Gasteiger partial charge in [0.05, 0.1) is 17.3 Å². The molecule has 106 valence electrons. The maximum absolute atomic E-state index is 12.8. The van der Waals surface area contributed by atoms with Crippen LogP contribution in [0.3, 0.4) is 0 Å². The van der Waals surface area contributed by atoms with Gasteiger partial charge in [0.25, 0.3) is 5.91 Å². The number of hydrogen-bond acceptors (Lipinski definition) is 3. The Kier molecular flexibility index (Phi) is 3.22. The molecule has 5 nitrogen and oxygen atoms in total. The molecule has 2 heterocycles. The molecule has 20 heavy (non-hydrogen) atoms. The van der Waals surface area contributed by atoms with E-state index in [0.29, 0.717) is 18.0 Å². The van der Waals surface area contributed by atoms with Crippen LogP contribution in [0.4, 0.5) is 0 Å². The molecule has 2 aromatic rings. The highest BCUT2D eigenvalue weighted by Gasteiger charge is 2.32. The van der Waals surface area contributed by atoms with Crippen molar-refractivity contribution < 1.29 is 4.79 Å². The number of hydrogen-bond donors (Lipinski definition) is 2. The predicted molar refractivity (Wildman–Crippen MR) is 78.5 cm³/mol. The number of carbonyl (C=O) groups is 1. The predicted octanol–water partition coefficient (Wildman–Crippen LogP) is 1.68. The molecule has 0 radical (unpaired) electrons. The van der Waals surface area contributed by atoms with Crippen LogP contribution in [-0.4, -0.2) is 40.1 Å². The smallest absolute Gasteiger partial charge is 0.256 e. The van der Waals surface area contributed by atoms with E-state index in [4.69, 9.17) is 5.73 Å². The van der Waals surface area contributed by atoms with Crippen molar-refractivity contribution in [2.45, 2.75) is 26.3 Å². The summed E-state index contributed by atoms with van der Waals surface area (Å²) in [7, 11) is 0. The van der Waals surface area contributed by atoms with Gasteiger partial charge in [-0.15, -0.1) is 0 Å². The molecule has 0 spiro atoms. The summed E-state index contributed by atoms with van der Waals surface area (Å²) in [6.45, 7) is 5.48. The van der Waals surface area contributed by atoms with Gasteiger partial charge in [0.1, 0.15) is 0 Å². The Bertz CT molecular complexity index is 648. The van der Waals surface area contributed by atoms with Gasteiger partial charge in [-0.25, -0.2) is 0 Å². The van der Waals surface area contributed by atoms with Crippen molar-refractivity contribution in [2.75, 3.05) is 13.1 Å². The van der Waals surface area contributed by atoms with Gasteiger partial charge in [0.2, 0.25) is 0 Å². The largest absolute Gasteiger partial charge is 0.336 e. The summed E-state index contributed by atoms with van der Waals surface area (Å²) >= 11 is 0. The van der Waals surface area contributed by atoms with E-state index < -0.39 is 0 Å². The second-order valence-corrected chi connectivity index (χ2v) is 5.79. The molecular weight excluding hydrogens is 252 g/mol. The molecule has 0 bridgehead atoms. The lowest BCUT2D eigenvalue weighted by Crippen LogP contribution is -2.34. The number of nitrogens with one attached hydrogen (secondary N) is 1. The summed E-state index contributed by atoms with van der Waals surface area (Å²) in [6, 6.07) is 4.21. The molecule has 1 aliphatic heterocycles. The summed E-state index contributed by atoms with van der Waals surface area (Å²) in [4.78, 5) is 14.8. The summed E-state index contributed by atoms with van der Waals surface area (Å²) in [6.07, 6.45) is 2.75. The van der Waals surface area contributed by atoms with E-state index in [9.17, 15) is 4.79 Å². The second-order valence-electron chi connectivity index (χ2n) is 5.79. The third-order valence-corrected chi connectivity index (χ3v) is 4.18. The molecule has 2 unspecified atom stereocenters. The summed E-state index contributed by atoms with van der Waals surface area (Å²) in [5.74, 6) is 0.488. The Balaban J connectivity index is 1.98. The highest BCUT2D eigenvalue weighted by atomic mass is 16.2. The lowest BCUT2D eigenvalue weighted by molar-refractivity contribution is 0.0745. The molecule has 3 N–H and O–H groups in total. The highest BCUT2D eigenvalue weighted by molar-refractivity contribution is 6.05. The van der Waals surface area contributed by atoms with Crippen molar-refractivity contribution in [3.63, 3.8) is 0 Å². The first kappa shape index (κ1) is 13.1. The average molecular weight is 272 g/mol. The summed E-state index contributed by atoms with van der Waals surface area (Å²) in [5.41, 5.74) is 8.35. The minimum absolute atomic E-state index is 0.0754. The SMILES string of the molecule is Cc1cc(C(=O)N2CC(CN)CC2C)c2[nH]ncc2c1. The topological polar surface area (TPSA) is 75.0 Å². The molecule has 1 aromatic carbocycles. The minimum atomic E-state index is 0.0754. The maximum Gasteiger partial charge on any atom is 0.256 e. The minimum Gasteiger partial charge on any atom is -0.336 e. The third kappa shape index (κ3) is 2.08. The summed E-state index contributed by atoms with van der Waals surface area (Å²) in [5, 5.41) is 7.97. The Labute approximate surface area is 118 Å².